The molecule has 0 aromatic heterocycles. The Kier molecular flexibility index (Phi) is 6.07. The lowest BCUT2D eigenvalue weighted by Gasteiger charge is -2.42. The van der Waals surface area contributed by atoms with Crippen molar-refractivity contribution >= 4 is 0 Å². The fourth-order valence-corrected chi connectivity index (χ4v) is 4.55. The third-order valence-corrected chi connectivity index (χ3v) is 6.35. The van der Waals surface area contributed by atoms with Crippen molar-refractivity contribution in [3.63, 3.8) is 0 Å². The number of benzene rings is 4. The number of phenolic OH excluding ortho intramolecular Hbond substituents is 4. The van der Waals surface area contributed by atoms with Crippen molar-refractivity contribution in [1.82, 2.24) is 0 Å². The number of aromatic hydroxyl groups is 4. The second-order valence-electron chi connectivity index (χ2n) is 8.71. The molecule has 4 aromatic carbocycles. The summed E-state index contributed by atoms with van der Waals surface area (Å²) >= 11 is 0. The Bertz CT molecular complexity index is 1170. The van der Waals surface area contributed by atoms with Gasteiger partial charge in [-0.3, -0.25) is 0 Å². The zero-order valence-electron chi connectivity index (χ0n) is 18.9. The minimum absolute atomic E-state index is 0.0242. The highest BCUT2D eigenvalue weighted by Gasteiger charge is 2.46. The molecule has 1 saturated heterocycles. The van der Waals surface area contributed by atoms with Gasteiger partial charge < -0.3 is 29.9 Å². The highest BCUT2D eigenvalue weighted by molar-refractivity contribution is 5.50. The van der Waals surface area contributed by atoms with Gasteiger partial charge in [0.15, 0.2) is 0 Å². The summed E-state index contributed by atoms with van der Waals surface area (Å²) in [6.07, 6.45) is -0.0242. The van der Waals surface area contributed by atoms with E-state index in [0.29, 0.717) is 13.2 Å². The number of hydrogen-bond donors (Lipinski definition) is 4. The molecule has 0 amide bonds. The minimum atomic E-state index is -1.11. The maximum absolute atomic E-state index is 10.0. The van der Waals surface area contributed by atoms with Crippen LogP contribution in [0.25, 0.3) is 0 Å². The molecular formula is C29H26O6. The fraction of sp³-hybridized carbons (Fsp3) is 0.172. The van der Waals surface area contributed by atoms with Crippen LogP contribution in [0.1, 0.15) is 28.2 Å². The van der Waals surface area contributed by atoms with Gasteiger partial charge in [0, 0.05) is 5.92 Å². The monoisotopic (exact) mass is 470 g/mol. The number of epoxide rings is 1. The van der Waals surface area contributed by atoms with Crippen molar-refractivity contribution in [3.05, 3.63) is 119 Å². The summed E-state index contributed by atoms with van der Waals surface area (Å²) in [6, 6.07) is 27.7. The molecule has 6 nitrogen and oxygen atoms in total. The first kappa shape index (κ1) is 22.8. The predicted molar refractivity (Wildman–Crippen MR) is 131 cm³/mol. The molecule has 6 heteroatoms. The van der Waals surface area contributed by atoms with Crippen molar-refractivity contribution in [2.45, 2.75) is 17.6 Å². The van der Waals surface area contributed by atoms with Crippen molar-refractivity contribution in [2.75, 3.05) is 13.2 Å². The molecular weight excluding hydrogens is 444 g/mol. The zero-order valence-corrected chi connectivity index (χ0v) is 18.9. The molecule has 1 atom stereocenters. The first-order chi connectivity index (χ1) is 17.0. The van der Waals surface area contributed by atoms with Crippen molar-refractivity contribution in [2.24, 2.45) is 0 Å². The largest absolute Gasteiger partial charge is 0.508 e. The van der Waals surface area contributed by atoms with E-state index in [1.807, 2.05) is 48.5 Å². The first-order valence-corrected chi connectivity index (χ1v) is 11.4. The lowest BCUT2D eigenvalue weighted by molar-refractivity contribution is -0.0374. The summed E-state index contributed by atoms with van der Waals surface area (Å²) in [4.78, 5) is 0. The smallest absolute Gasteiger partial charge is 0.129 e. The Morgan fingerprint density at radius 3 is 1.31 bits per heavy atom. The Labute approximate surface area is 203 Å². The van der Waals surface area contributed by atoms with Crippen LogP contribution < -0.4 is 0 Å². The van der Waals surface area contributed by atoms with E-state index in [0.717, 1.165) is 22.3 Å². The Morgan fingerprint density at radius 1 is 0.629 bits per heavy atom. The van der Waals surface area contributed by atoms with Crippen LogP contribution >= 0.6 is 0 Å². The van der Waals surface area contributed by atoms with Gasteiger partial charge in [-0.1, -0.05) is 48.5 Å². The van der Waals surface area contributed by atoms with Gasteiger partial charge in [0.1, 0.15) is 34.7 Å². The number of rotatable bonds is 8. The summed E-state index contributed by atoms with van der Waals surface area (Å²) in [6.45, 7) is 0.943. The van der Waals surface area contributed by atoms with E-state index in [4.69, 9.17) is 9.47 Å². The number of hydrogen-bond acceptors (Lipinski definition) is 6. The fourth-order valence-electron chi connectivity index (χ4n) is 4.55. The van der Waals surface area contributed by atoms with E-state index in [1.165, 1.54) is 0 Å². The van der Waals surface area contributed by atoms with Gasteiger partial charge in [0.05, 0.1) is 13.2 Å². The standard InChI is InChI=1S/C29H26O6/c30-23-9-1-19(2-10-23)28(20-3-11-24(31)12-4-20)29(35-18-27-17-34-27,21-5-13-25(32)14-6-21)22-7-15-26(33)16-8-22/h1-16,27-28,30-33H,17-18H2. The summed E-state index contributed by atoms with van der Waals surface area (Å²) in [5.41, 5.74) is 2.19. The van der Waals surface area contributed by atoms with Gasteiger partial charge in [-0.05, 0) is 70.8 Å². The van der Waals surface area contributed by atoms with Gasteiger partial charge in [-0.2, -0.15) is 0 Å². The van der Waals surface area contributed by atoms with Crippen molar-refractivity contribution in [1.29, 1.82) is 0 Å². The summed E-state index contributed by atoms with van der Waals surface area (Å²) in [7, 11) is 0. The van der Waals surface area contributed by atoms with Crippen LogP contribution in [0.2, 0.25) is 0 Å². The van der Waals surface area contributed by atoms with E-state index in [9.17, 15) is 20.4 Å². The van der Waals surface area contributed by atoms with Crippen LogP contribution in [0.15, 0.2) is 97.1 Å². The molecule has 0 aliphatic carbocycles. The van der Waals surface area contributed by atoms with Crippen LogP contribution in [-0.4, -0.2) is 39.7 Å². The van der Waals surface area contributed by atoms with E-state index in [-0.39, 0.29) is 29.1 Å². The molecule has 1 aliphatic heterocycles. The predicted octanol–water partition coefficient (Wildman–Crippen LogP) is 5.00. The van der Waals surface area contributed by atoms with Gasteiger partial charge >= 0.3 is 0 Å². The molecule has 1 fully saturated rings. The molecule has 1 heterocycles. The highest BCUT2D eigenvalue weighted by atomic mass is 16.6. The van der Waals surface area contributed by atoms with Gasteiger partial charge in [0.2, 0.25) is 0 Å². The molecule has 0 radical (unpaired) electrons. The van der Waals surface area contributed by atoms with Gasteiger partial charge in [-0.25, -0.2) is 0 Å². The molecule has 4 N–H and O–H groups in total. The van der Waals surface area contributed by atoms with Gasteiger partial charge in [-0.15, -0.1) is 0 Å². The topological polar surface area (TPSA) is 103 Å². The van der Waals surface area contributed by atoms with E-state index in [2.05, 4.69) is 0 Å². The molecule has 0 bridgehead atoms. The van der Waals surface area contributed by atoms with Gasteiger partial charge in [0.25, 0.3) is 0 Å². The SMILES string of the molecule is Oc1ccc(C(c2ccc(O)cc2)C(OCC2CO2)(c2ccc(O)cc2)c2ccc(O)cc2)cc1. The minimum Gasteiger partial charge on any atom is -0.508 e. The molecule has 5 rings (SSSR count). The third-order valence-electron chi connectivity index (χ3n) is 6.35. The molecule has 1 unspecified atom stereocenters. The molecule has 4 aromatic rings. The summed E-state index contributed by atoms with van der Waals surface area (Å²) in [5.74, 6) is 0.113. The maximum atomic E-state index is 10.0. The van der Waals surface area contributed by atoms with Crippen LogP contribution in [0.4, 0.5) is 0 Å². The van der Waals surface area contributed by atoms with Crippen LogP contribution in [0.3, 0.4) is 0 Å². The lowest BCUT2D eigenvalue weighted by atomic mass is 9.69. The Morgan fingerprint density at radius 2 is 0.971 bits per heavy atom. The van der Waals surface area contributed by atoms with E-state index >= 15 is 0 Å². The Balaban J connectivity index is 1.81. The molecule has 35 heavy (non-hydrogen) atoms. The summed E-state index contributed by atoms with van der Waals surface area (Å²) < 4.78 is 12.3. The summed E-state index contributed by atoms with van der Waals surface area (Å²) in [5, 5.41) is 40.1. The second kappa shape index (κ2) is 9.33. The quantitative estimate of drug-likeness (QED) is 0.270. The first-order valence-electron chi connectivity index (χ1n) is 11.4. The third kappa shape index (κ3) is 4.67. The van der Waals surface area contributed by atoms with E-state index < -0.39 is 11.5 Å². The number of ether oxygens (including phenoxy) is 2. The maximum Gasteiger partial charge on any atom is 0.129 e. The van der Waals surface area contributed by atoms with Crippen molar-refractivity contribution < 1.29 is 29.9 Å². The average molecular weight is 471 g/mol. The second-order valence-corrected chi connectivity index (χ2v) is 8.71. The molecule has 0 spiro atoms. The zero-order chi connectivity index (χ0) is 24.4. The lowest BCUT2D eigenvalue weighted by Crippen LogP contribution is -2.40. The number of phenols is 4. The average Bonchev–Trinajstić information content (AvgIpc) is 3.70. The van der Waals surface area contributed by atoms with Crippen LogP contribution in [0, 0.1) is 0 Å². The van der Waals surface area contributed by atoms with Crippen molar-refractivity contribution in [3.8, 4) is 23.0 Å². The molecule has 178 valence electrons. The van der Waals surface area contributed by atoms with Crippen LogP contribution in [0.5, 0.6) is 23.0 Å². The normalized spacial score (nSPS) is 15.3. The van der Waals surface area contributed by atoms with E-state index in [1.54, 1.807) is 48.5 Å². The molecule has 1 aliphatic rings. The highest BCUT2D eigenvalue weighted by Crippen LogP contribution is 2.50. The molecule has 0 saturated carbocycles. The van der Waals surface area contributed by atoms with Crippen LogP contribution in [-0.2, 0) is 15.1 Å². The Hall–Kier alpha value is -4.00.